The molecule has 2 N–H and O–H groups in total. The summed E-state index contributed by atoms with van der Waals surface area (Å²) in [7, 11) is 1.44. The Morgan fingerprint density at radius 1 is 1.75 bits per heavy atom. The van der Waals surface area contributed by atoms with Crippen molar-refractivity contribution in [3.05, 3.63) is 0 Å². The summed E-state index contributed by atoms with van der Waals surface area (Å²) in [6.45, 7) is 1.62. The summed E-state index contributed by atoms with van der Waals surface area (Å²) in [5, 5.41) is 11.2. The lowest BCUT2D eigenvalue weighted by Crippen LogP contribution is -2.47. The van der Waals surface area contributed by atoms with E-state index in [9.17, 15) is 9.59 Å². The number of carboxylic acids is 1. The predicted octanol–water partition coefficient (Wildman–Crippen LogP) is -1.39. The number of carbonyl (C=O) groups is 2. The van der Waals surface area contributed by atoms with Gasteiger partial charge in [-0.3, -0.25) is 4.79 Å². The third-order valence-corrected chi connectivity index (χ3v) is 1.53. The summed E-state index contributed by atoms with van der Waals surface area (Å²) in [5.41, 5.74) is 0. The van der Waals surface area contributed by atoms with E-state index in [1.807, 2.05) is 0 Å². The first-order valence-corrected chi connectivity index (χ1v) is 3.56. The summed E-state index contributed by atoms with van der Waals surface area (Å²) in [4.78, 5) is 20.5. The second-order valence-corrected chi connectivity index (χ2v) is 2.33. The fourth-order valence-corrected chi connectivity index (χ4v) is 0.765. The number of methoxy groups -OCH3 is 1. The van der Waals surface area contributed by atoms with Crippen LogP contribution in [0, 0.1) is 0 Å². The van der Waals surface area contributed by atoms with Crippen molar-refractivity contribution in [2.75, 3.05) is 7.11 Å². The molecule has 0 unspecified atom stereocenters. The highest BCUT2D eigenvalue weighted by Gasteiger charge is 2.23. The Morgan fingerprint density at radius 3 is 2.67 bits per heavy atom. The maximum atomic E-state index is 10.5. The van der Waals surface area contributed by atoms with Crippen LogP contribution in [0.2, 0.25) is 0 Å². The molecule has 0 aliphatic rings. The van der Waals surface area contributed by atoms with Gasteiger partial charge >= 0.3 is 5.97 Å². The van der Waals surface area contributed by atoms with Crippen LogP contribution in [0.15, 0.2) is 0 Å². The highest BCUT2D eigenvalue weighted by atomic mass is 16.5. The van der Waals surface area contributed by atoms with Gasteiger partial charge in [0.15, 0.2) is 0 Å². The van der Waals surface area contributed by atoms with Gasteiger partial charge in [-0.2, -0.15) is 0 Å². The topological polar surface area (TPSA) is 75.6 Å². The lowest BCUT2D eigenvalue weighted by atomic mass is 9.95. The Balaban J connectivity index is 4.02. The average molecular weight is 173 g/mol. The molecule has 0 radical (unpaired) electrons. The summed E-state index contributed by atoms with van der Waals surface area (Å²) >= 11 is 0. The zero-order valence-corrected chi connectivity index (χ0v) is 7.11. The van der Waals surface area contributed by atoms with E-state index < -0.39 is 18.1 Å². The number of carbonyl (C=O) groups excluding carboxylic acids is 1. The smallest absolute Gasteiger partial charge is 0.322 e. The molecule has 0 rings (SSSR count). The van der Waals surface area contributed by atoms with Crippen LogP contribution < -0.4 is 5.23 Å². The number of rotatable bonds is 6. The molecular formula is C6H12BNO4. The lowest BCUT2D eigenvalue weighted by molar-refractivity contribution is -0.142. The molecule has 0 aromatic carbocycles. The monoisotopic (exact) mass is 173 g/mol. The molecule has 0 bridgehead atoms. The van der Waals surface area contributed by atoms with E-state index in [1.165, 1.54) is 7.11 Å². The van der Waals surface area contributed by atoms with Gasteiger partial charge in [0.1, 0.15) is 6.04 Å². The Kier molecular flexibility index (Phi) is 5.32. The van der Waals surface area contributed by atoms with E-state index in [2.05, 4.69) is 5.23 Å². The second-order valence-electron chi connectivity index (χ2n) is 2.33. The highest BCUT2D eigenvalue weighted by molar-refractivity contribution is 6.64. The Labute approximate surface area is 71.4 Å². The number of ether oxygens (including phenoxy) is 1. The number of hydrogen-bond acceptors (Lipinski definition) is 4. The molecule has 0 amide bonds. The molecule has 68 valence electrons. The van der Waals surface area contributed by atoms with Gasteiger partial charge in [-0.25, -0.2) is 0 Å². The van der Waals surface area contributed by atoms with Gasteiger partial charge in [-0.1, -0.05) is 0 Å². The van der Waals surface area contributed by atoms with Crippen LogP contribution in [0.25, 0.3) is 0 Å². The largest absolute Gasteiger partial charge is 0.480 e. The number of aliphatic carboxylic acids is 1. The fourth-order valence-electron chi connectivity index (χ4n) is 0.765. The maximum Gasteiger partial charge on any atom is 0.322 e. The van der Waals surface area contributed by atoms with Gasteiger partial charge in [0.25, 0.3) is 7.41 Å². The molecule has 0 saturated heterocycles. The molecule has 0 aromatic heterocycles. The normalized spacial score (nSPS) is 14.8. The quantitative estimate of drug-likeness (QED) is 0.381. The van der Waals surface area contributed by atoms with E-state index in [-0.39, 0.29) is 7.41 Å². The molecule has 0 spiro atoms. The predicted molar refractivity (Wildman–Crippen MR) is 44.9 cm³/mol. The minimum atomic E-state index is -1.02. The first-order valence-electron chi connectivity index (χ1n) is 3.56. The molecule has 12 heavy (non-hydrogen) atoms. The van der Waals surface area contributed by atoms with E-state index in [4.69, 9.17) is 9.84 Å². The van der Waals surface area contributed by atoms with Crippen LogP contribution >= 0.6 is 0 Å². The van der Waals surface area contributed by atoms with Crippen LogP contribution in [0.5, 0.6) is 0 Å². The van der Waals surface area contributed by atoms with Gasteiger partial charge in [-0.05, 0) is 6.92 Å². The molecule has 0 saturated carbocycles. The van der Waals surface area contributed by atoms with Gasteiger partial charge in [0.2, 0.25) is 0 Å². The summed E-state index contributed by atoms with van der Waals surface area (Å²) in [6.07, 6.45) is 0.153. The zero-order valence-electron chi connectivity index (χ0n) is 7.11. The molecule has 0 aromatic rings. The summed E-state index contributed by atoms with van der Waals surface area (Å²) in [6, 6.07) is -0.833. The van der Waals surface area contributed by atoms with E-state index in [1.54, 1.807) is 6.92 Å². The van der Waals surface area contributed by atoms with Gasteiger partial charge < -0.3 is 19.9 Å². The van der Waals surface area contributed by atoms with Crippen LogP contribution in [-0.4, -0.2) is 43.9 Å². The van der Waals surface area contributed by atoms with Crippen molar-refractivity contribution in [1.29, 1.82) is 0 Å². The first kappa shape index (κ1) is 11.1. The van der Waals surface area contributed by atoms with Gasteiger partial charge in [0.05, 0.1) is 12.3 Å². The molecule has 0 aliphatic carbocycles. The van der Waals surface area contributed by atoms with Crippen LogP contribution in [0.4, 0.5) is 0 Å². The lowest BCUT2D eigenvalue weighted by Gasteiger charge is -2.18. The molecular weight excluding hydrogens is 161 g/mol. The second kappa shape index (κ2) is 5.73. The van der Waals surface area contributed by atoms with Crippen molar-refractivity contribution in [1.82, 2.24) is 5.23 Å². The minimum absolute atomic E-state index is 0.0185. The van der Waals surface area contributed by atoms with Crippen LogP contribution in [-0.2, 0) is 14.3 Å². The minimum Gasteiger partial charge on any atom is -0.480 e. The number of nitrogens with one attached hydrogen (secondary N) is 1. The van der Waals surface area contributed by atoms with Crippen molar-refractivity contribution < 1.29 is 19.4 Å². The molecule has 0 aliphatic heterocycles. The zero-order chi connectivity index (χ0) is 9.56. The first-order chi connectivity index (χ1) is 5.63. The standard InChI is InChI=1S/C6H12BNO4/c1-4(12-2)5(6(10)11)8-7-3-9/h3-5,7-8H,1-2H3,(H,10,11)/t4-,5+/m1/s1. The van der Waals surface area contributed by atoms with Gasteiger partial charge in [-0.15, -0.1) is 0 Å². The van der Waals surface area contributed by atoms with E-state index >= 15 is 0 Å². The third kappa shape index (κ3) is 3.50. The van der Waals surface area contributed by atoms with E-state index in [0.29, 0.717) is 6.19 Å². The van der Waals surface area contributed by atoms with Crippen LogP contribution in [0.1, 0.15) is 6.92 Å². The fraction of sp³-hybridized carbons (Fsp3) is 0.667. The molecule has 0 fully saturated rings. The molecule has 6 heteroatoms. The summed E-state index contributed by atoms with van der Waals surface area (Å²) in [5.74, 6) is -1.02. The Hall–Kier alpha value is -0.875. The Morgan fingerprint density at radius 2 is 2.33 bits per heavy atom. The number of hydrogen-bond donors (Lipinski definition) is 2. The van der Waals surface area contributed by atoms with Gasteiger partial charge in [0, 0.05) is 7.11 Å². The summed E-state index contributed by atoms with van der Waals surface area (Å²) < 4.78 is 4.81. The van der Waals surface area contributed by atoms with Crippen molar-refractivity contribution in [3.63, 3.8) is 0 Å². The van der Waals surface area contributed by atoms with Crippen LogP contribution in [0.3, 0.4) is 0 Å². The molecule has 2 atom stereocenters. The highest BCUT2D eigenvalue weighted by Crippen LogP contribution is 1.96. The van der Waals surface area contributed by atoms with Crippen molar-refractivity contribution in [2.24, 2.45) is 0 Å². The average Bonchev–Trinajstić information content (AvgIpc) is 2.04. The maximum absolute atomic E-state index is 10.5. The van der Waals surface area contributed by atoms with Crippen molar-refractivity contribution >= 4 is 19.6 Å². The van der Waals surface area contributed by atoms with E-state index in [0.717, 1.165) is 0 Å². The van der Waals surface area contributed by atoms with Crippen molar-refractivity contribution in [2.45, 2.75) is 19.1 Å². The number of carboxylic acid groups (broad SMARTS) is 1. The molecule has 5 nitrogen and oxygen atoms in total. The molecule has 0 heterocycles. The SMILES string of the molecule is CO[C@H](C)[C@H](NBC=O)C(=O)O. The van der Waals surface area contributed by atoms with Crippen molar-refractivity contribution in [3.8, 4) is 0 Å². The third-order valence-electron chi connectivity index (χ3n) is 1.53. The Bertz CT molecular complexity index is 164.